The molecule has 0 N–H and O–H groups in total. The average Bonchev–Trinajstić information content (AvgIpc) is 1.95. The molecule has 0 aromatic carbocycles. The van der Waals surface area contributed by atoms with Gasteiger partial charge < -0.3 is 0 Å². The zero-order valence-corrected chi connectivity index (χ0v) is 7.58. The lowest BCUT2D eigenvalue weighted by molar-refractivity contribution is -0.113. The predicted molar refractivity (Wildman–Crippen MR) is 50.8 cm³/mol. The lowest BCUT2D eigenvalue weighted by atomic mass is 10.0. The van der Waals surface area contributed by atoms with Gasteiger partial charge in [-0.05, 0) is 19.3 Å². The zero-order valence-electron chi connectivity index (χ0n) is 7.58. The van der Waals surface area contributed by atoms with Gasteiger partial charge in [-0.2, -0.15) is 0 Å². The molecule has 0 aliphatic heterocycles. The van der Waals surface area contributed by atoms with Crippen LogP contribution in [0.15, 0.2) is 36.0 Å². The molecule has 0 spiro atoms. The summed E-state index contributed by atoms with van der Waals surface area (Å²) in [5.74, 6) is 0.705. The van der Waals surface area contributed by atoms with Crippen LogP contribution in [0.1, 0.15) is 20.3 Å². The number of Topliss-reactive ketones (excluding diaryl/α,β-unsaturated/α-hetero) is 1. The summed E-state index contributed by atoms with van der Waals surface area (Å²) in [5, 5.41) is 0. The average molecular weight is 162 g/mol. The molecule has 0 amide bonds. The fourth-order valence-electron chi connectivity index (χ4n) is 1.13. The minimum absolute atomic E-state index is 0.130. The summed E-state index contributed by atoms with van der Waals surface area (Å²) in [5.41, 5.74) is 0.790. The minimum Gasteiger partial charge on any atom is -0.295 e. The van der Waals surface area contributed by atoms with Crippen molar-refractivity contribution >= 4 is 5.78 Å². The van der Waals surface area contributed by atoms with Gasteiger partial charge in [0.15, 0.2) is 5.78 Å². The third-order valence-corrected chi connectivity index (χ3v) is 1.93. The Hall–Kier alpha value is -1.11. The lowest BCUT2D eigenvalue weighted by Gasteiger charge is -2.03. The van der Waals surface area contributed by atoms with Crippen LogP contribution in [0, 0.1) is 5.92 Å². The van der Waals surface area contributed by atoms with Crippen molar-refractivity contribution < 1.29 is 4.79 Å². The van der Waals surface area contributed by atoms with Crippen molar-refractivity contribution in [2.75, 3.05) is 0 Å². The molecule has 0 saturated heterocycles. The van der Waals surface area contributed by atoms with E-state index in [1.807, 2.05) is 18.2 Å². The van der Waals surface area contributed by atoms with Crippen molar-refractivity contribution in [3.05, 3.63) is 36.0 Å². The number of carbonyl (C=O) groups is 1. The highest BCUT2D eigenvalue weighted by Crippen LogP contribution is 2.10. The standard InChI is InChI=1S/C11H14O/c1-9-5-3-7-11(10(2)12)8-4-6-9/h3-5,7-9H,6H2,1-2H3. The maximum Gasteiger partial charge on any atom is 0.159 e. The molecule has 1 atom stereocenters. The van der Waals surface area contributed by atoms with Crippen LogP contribution >= 0.6 is 0 Å². The predicted octanol–water partition coefficient (Wildman–Crippen LogP) is 2.65. The largest absolute Gasteiger partial charge is 0.295 e. The highest BCUT2D eigenvalue weighted by Gasteiger charge is 2.00. The van der Waals surface area contributed by atoms with Crippen molar-refractivity contribution in [1.29, 1.82) is 0 Å². The highest BCUT2D eigenvalue weighted by atomic mass is 16.1. The molecule has 0 heterocycles. The van der Waals surface area contributed by atoms with Crippen LogP contribution in [0.25, 0.3) is 0 Å². The quantitative estimate of drug-likeness (QED) is 0.579. The van der Waals surface area contributed by atoms with Crippen molar-refractivity contribution in [1.82, 2.24) is 0 Å². The molecule has 0 aromatic rings. The third kappa shape index (κ3) is 2.50. The SMILES string of the molecule is CC(=O)C1=CC=CC(C)CC=C1. The minimum atomic E-state index is 0.130. The first-order valence-corrected chi connectivity index (χ1v) is 4.26. The van der Waals surface area contributed by atoms with E-state index in [1.165, 1.54) is 0 Å². The van der Waals surface area contributed by atoms with Crippen LogP contribution in [0.3, 0.4) is 0 Å². The lowest BCUT2D eigenvalue weighted by Crippen LogP contribution is -1.95. The number of carbonyl (C=O) groups excluding carboxylic acids is 1. The number of ketones is 1. The fourth-order valence-corrected chi connectivity index (χ4v) is 1.13. The van der Waals surface area contributed by atoms with Gasteiger partial charge in [0.25, 0.3) is 0 Å². The summed E-state index contributed by atoms with van der Waals surface area (Å²) < 4.78 is 0. The van der Waals surface area contributed by atoms with Gasteiger partial charge in [-0.1, -0.05) is 37.3 Å². The molecule has 0 radical (unpaired) electrons. The molecule has 0 aromatic heterocycles. The normalized spacial score (nSPS) is 22.8. The van der Waals surface area contributed by atoms with Crippen LogP contribution in [0.4, 0.5) is 0 Å². The molecule has 1 unspecified atom stereocenters. The molecule has 1 rings (SSSR count). The Morgan fingerprint density at radius 1 is 1.58 bits per heavy atom. The Balaban J connectivity index is 2.82. The maximum absolute atomic E-state index is 11.0. The first-order valence-electron chi connectivity index (χ1n) is 4.26. The molecule has 1 heteroatoms. The smallest absolute Gasteiger partial charge is 0.159 e. The van der Waals surface area contributed by atoms with Crippen LogP contribution in [-0.4, -0.2) is 5.78 Å². The van der Waals surface area contributed by atoms with Crippen molar-refractivity contribution in [3.63, 3.8) is 0 Å². The van der Waals surface area contributed by atoms with Gasteiger partial charge >= 0.3 is 0 Å². The molecule has 1 aliphatic rings. The molecule has 1 aliphatic carbocycles. The topological polar surface area (TPSA) is 17.1 Å². The van der Waals surface area contributed by atoms with E-state index in [2.05, 4.69) is 19.1 Å². The summed E-state index contributed by atoms with van der Waals surface area (Å²) >= 11 is 0. The maximum atomic E-state index is 11.0. The zero-order chi connectivity index (χ0) is 8.97. The second-order valence-electron chi connectivity index (χ2n) is 3.18. The Bertz CT molecular complexity index is 256. The highest BCUT2D eigenvalue weighted by molar-refractivity contribution is 5.96. The van der Waals surface area contributed by atoms with Crippen LogP contribution in [0.2, 0.25) is 0 Å². The Kier molecular flexibility index (Phi) is 3.03. The molecule has 12 heavy (non-hydrogen) atoms. The number of allylic oxidation sites excluding steroid dienone is 6. The first-order chi connectivity index (χ1) is 5.70. The fraction of sp³-hybridized carbons (Fsp3) is 0.364. The van der Waals surface area contributed by atoms with Crippen molar-refractivity contribution in [2.24, 2.45) is 5.92 Å². The summed E-state index contributed by atoms with van der Waals surface area (Å²) in [7, 11) is 0. The summed E-state index contributed by atoms with van der Waals surface area (Å²) in [6, 6.07) is 0. The van der Waals surface area contributed by atoms with Crippen LogP contribution in [0.5, 0.6) is 0 Å². The molecule has 64 valence electrons. The summed E-state index contributed by atoms with van der Waals surface area (Å²) in [4.78, 5) is 11.0. The molecule has 1 nitrogen and oxygen atoms in total. The van der Waals surface area contributed by atoms with Crippen LogP contribution < -0.4 is 0 Å². The molecule has 0 fully saturated rings. The van der Waals surface area contributed by atoms with Crippen molar-refractivity contribution in [2.45, 2.75) is 20.3 Å². The Morgan fingerprint density at radius 2 is 2.33 bits per heavy atom. The third-order valence-electron chi connectivity index (χ3n) is 1.93. The van der Waals surface area contributed by atoms with Gasteiger partial charge in [-0.25, -0.2) is 0 Å². The monoisotopic (exact) mass is 162 g/mol. The van der Waals surface area contributed by atoms with Gasteiger partial charge in [-0.15, -0.1) is 0 Å². The van der Waals surface area contributed by atoms with Crippen molar-refractivity contribution in [3.8, 4) is 0 Å². The van der Waals surface area contributed by atoms with E-state index >= 15 is 0 Å². The van der Waals surface area contributed by atoms with Gasteiger partial charge in [0, 0.05) is 5.57 Å². The van der Waals surface area contributed by atoms with E-state index in [4.69, 9.17) is 0 Å². The van der Waals surface area contributed by atoms with E-state index < -0.39 is 0 Å². The Labute approximate surface area is 73.5 Å². The van der Waals surface area contributed by atoms with E-state index in [1.54, 1.807) is 6.92 Å². The second-order valence-corrected chi connectivity index (χ2v) is 3.18. The van der Waals surface area contributed by atoms with Gasteiger partial charge in [-0.3, -0.25) is 4.79 Å². The van der Waals surface area contributed by atoms with E-state index in [-0.39, 0.29) is 5.78 Å². The second kappa shape index (κ2) is 4.05. The molecule has 0 bridgehead atoms. The van der Waals surface area contributed by atoms with Gasteiger partial charge in [0.1, 0.15) is 0 Å². The molecular weight excluding hydrogens is 148 g/mol. The van der Waals surface area contributed by atoms with E-state index in [0.29, 0.717) is 5.92 Å². The first kappa shape index (κ1) is 8.98. The summed E-state index contributed by atoms with van der Waals surface area (Å²) in [6.07, 6.45) is 10.9. The molecular formula is C11H14O. The number of rotatable bonds is 1. The summed E-state index contributed by atoms with van der Waals surface area (Å²) in [6.45, 7) is 3.75. The van der Waals surface area contributed by atoms with E-state index in [0.717, 1.165) is 12.0 Å². The van der Waals surface area contributed by atoms with Gasteiger partial charge in [0.05, 0.1) is 0 Å². The number of hydrogen-bond acceptors (Lipinski definition) is 1. The van der Waals surface area contributed by atoms with Gasteiger partial charge in [0.2, 0.25) is 0 Å². The van der Waals surface area contributed by atoms with E-state index in [9.17, 15) is 4.79 Å². The Morgan fingerprint density at radius 3 is 3.00 bits per heavy atom. The number of hydrogen-bond donors (Lipinski definition) is 0. The van der Waals surface area contributed by atoms with Crippen LogP contribution in [-0.2, 0) is 4.79 Å². The molecule has 0 saturated carbocycles.